The lowest BCUT2D eigenvalue weighted by molar-refractivity contribution is 0.0782. The lowest BCUT2D eigenvalue weighted by atomic mass is 9.94. The Kier molecular flexibility index (Phi) is 5.43. The molecule has 2 rings (SSSR count). The fraction of sp³-hybridized carbons (Fsp3) is 0.750. The summed E-state index contributed by atoms with van der Waals surface area (Å²) in [6, 6.07) is 5.86. The zero-order valence-electron chi connectivity index (χ0n) is 12.6. The molecule has 3 unspecified atom stereocenters. The Bertz CT molecular complexity index is 384. The minimum Gasteiger partial charge on any atom is -0.326 e. The maximum absolute atomic E-state index is 6.33. The van der Waals surface area contributed by atoms with Gasteiger partial charge in [-0.05, 0) is 51.8 Å². The van der Waals surface area contributed by atoms with Gasteiger partial charge in [0.15, 0.2) is 0 Å². The van der Waals surface area contributed by atoms with Gasteiger partial charge in [0.1, 0.15) is 0 Å². The molecule has 0 aromatic carbocycles. The van der Waals surface area contributed by atoms with Crippen molar-refractivity contribution in [3.8, 4) is 0 Å². The summed E-state index contributed by atoms with van der Waals surface area (Å²) in [5.41, 5.74) is 6.33. The van der Waals surface area contributed by atoms with Gasteiger partial charge < -0.3 is 5.73 Å². The Balaban J connectivity index is 2.21. The van der Waals surface area contributed by atoms with Gasteiger partial charge in [-0.3, -0.25) is 4.90 Å². The molecule has 0 saturated carbocycles. The summed E-state index contributed by atoms with van der Waals surface area (Å²) >= 11 is 1.92. The van der Waals surface area contributed by atoms with Crippen LogP contribution in [0.2, 0.25) is 0 Å². The highest BCUT2D eigenvalue weighted by Crippen LogP contribution is 2.35. The first-order chi connectivity index (χ1) is 9.13. The molecule has 0 amide bonds. The van der Waals surface area contributed by atoms with E-state index in [4.69, 9.17) is 5.73 Å². The van der Waals surface area contributed by atoms with E-state index in [-0.39, 0.29) is 6.04 Å². The molecule has 2 heterocycles. The van der Waals surface area contributed by atoms with Crippen LogP contribution in [0.15, 0.2) is 12.1 Å². The molecule has 1 aromatic rings. The van der Waals surface area contributed by atoms with Crippen molar-refractivity contribution >= 4 is 11.3 Å². The Morgan fingerprint density at radius 2 is 2.21 bits per heavy atom. The largest absolute Gasteiger partial charge is 0.326 e. The highest BCUT2D eigenvalue weighted by atomic mass is 32.1. The molecule has 2 N–H and O–H groups in total. The Hall–Kier alpha value is -0.380. The van der Waals surface area contributed by atoms with Gasteiger partial charge in [-0.25, -0.2) is 0 Å². The van der Waals surface area contributed by atoms with Crippen molar-refractivity contribution in [1.82, 2.24) is 4.90 Å². The molecule has 1 aromatic heterocycles. The monoisotopic (exact) mass is 280 g/mol. The smallest absolute Gasteiger partial charge is 0.0593 e. The average molecular weight is 280 g/mol. The summed E-state index contributed by atoms with van der Waals surface area (Å²) in [4.78, 5) is 5.54. The van der Waals surface area contributed by atoms with E-state index in [0.29, 0.717) is 6.04 Å². The van der Waals surface area contributed by atoms with Gasteiger partial charge in [-0.2, -0.15) is 0 Å². The molecule has 19 heavy (non-hydrogen) atoms. The minimum absolute atomic E-state index is 0.204. The van der Waals surface area contributed by atoms with Gasteiger partial charge in [0.05, 0.1) is 6.04 Å². The van der Waals surface area contributed by atoms with E-state index in [0.717, 1.165) is 6.04 Å². The van der Waals surface area contributed by atoms with Crippen molar-refractivity contribution in [2.24, 2.45) is 5.73 Å². The van der Waals surface area contributed by atoms with E-state index >= 15 is 0 Å². The van der Waals surface area contributed by atoms with Gasteiger partial charge in [0, 0.05) is 21.8 Å². The van der Waals surface area contributed by atoms with Crippen LogP contribution in [-0.4, -0.2) is 23.5 Å². The second-order valence-corrected chi connectivity index (χ2v) is 7.25. The highest BCUT2D eigenvalue weighted by Gasteiger charge is 2.32. The van der Waals surface area contributed by atoms with Crippen LogP contribution in [0.1, 0.15) is 61.7 Å². The molecule has 1 aliphatic rings. The highest BCUT2D eigenvalue weighted by molar-refractivity contribution is 7.12. The van der Waals surface area contributed by atoms with Crippen LogP contribution < -0.4 is 5.73 Å². The number of hydrogen-bond donors (Lipinski definition) is 1. The molecule has 1 aliphatic heterocycles. The Morgan fingerprint density at radius 3 is 2.79 bits per heavy atom. The lowest BCUT2D eigenvalue weighted by Gasteiger charge is -2.42. The molecule has 3 heteroatoms. The SMILES string of the molecule is CCCC1CCCCN1C(c1ccc(C)s1)C(C)N. The van der Waals surface area contributed by atoms with Crippen LogP contribution in [-0.2, 0) is 0 Å². The molecule has 0 aliphatic carbocycles. The van der Waals surface area contributed by atoms with E-state index in [2.05, 4.69) is 37.8 Å². The van der Waals surface area contributed by atoms with E-state index in [1.807, 2.05) is 11.3 Å². The fourth-order valence-electron chi connectivity index (χ4n) is 3.37. The number of thiophene rings is 1. The van der Waals surface area contributed by atoms with Crippen LogP contribution in [0.5, 0.6) is 0 Å². The molecule has 2 nitrogen and oxygen atoms in total. The van der Waals surface area contributed by atoms with Crippen molar-refractivity contribution < 1.29 is 0 Å². The Labute approximate surface area is 122 Å². The normalized spacial score (nSPS) is 24.3. The number of rotatable bonds is 5. The molecule has 1 fully saturated rings. The quantitative estimate of drug-likeness (QED) is 0.880. The minimum atomic E-state index is 0.204. The summed E-state index contributed by atoms with van der Waals surface area (Å²) in [5, 5.41) is 0. The summed E-state index contributed by atoms with van der Waals surface area (Å²) in [7, 11) is 0. The topological polar surface area (TPSA) is 29.3 Å². The van der Waals surface area contributed by atoms with Gasteiger partial charge in [-0.15, -0.1) is 11.3 Å². The van der Waals surface area contributed by atoms with Crippen LogP contribution in [0, 0.1) is 6.92 Å². The molecular formula is C16H28N2S. The maximum Gasteiger partial charge on any atom is 0.0593 e. The number of nitrogens with zero attached hydrogens (tertiary/aromatic N) is 1. The number of nitrogens with two attached hydrogens (primary N) is 1. The first kappa shape index (κ1) is 15.0. The molecular weight excluding hydrogens is 252 g/mol. The zero-order valence-corrected chi connectivity index (χ0v) is 13.4. The summed E-state index contributed by atoms with van der Waals surface area (Å²) in [6.07, 6.45) is 6.65. The van der Waals surface area contributed by atoms with E-state index in [1.54, 1.807) is 0 Å². The zero-order chi connectivity index (χ0) is 13.8. The number of likely N-dealkylation sites (tertiary alicyclic amines) is 1. The van der Waals surface area contributed by atoms with Crippen molar-refractivity contribution in [3.05, 3.63) is 21.9 Å². The van der Waals surface area contributed by atoms with Gasteiger partial charge in [0.25, 0.3) is 0 Å². The average Bonchev–Trinajstić information content (AvgIpc) is 2.78. The predicted octanol–water partition coefficient (Wildman–Crippen LogP) is 4.10. The van der Waals surface area contributed by atoms with Crippen molar-refractivity contribution in [2.45, 2.75) is 71.0 Å². The number of hydrogen-bond acceptors (Lipinski definition) is 3. The first-order valence-electron chi connectivity index (χ1n) is 7.71. The third kappa shape index (κ3) is 3.59. The standard InChI is InChI=1S/C16H28N2S/c1-4-7-14-8-5-6-11-18(14)16(13(3)17)15-10-9-12(2)19-15/h9-10,13-14,16H,4-8,11,17H2,1-3H3. The van der Waals surface area contributed by atoms with Crippen molar-refractivity contribution in [2.75, 3.05) is 6.54 Å². The molecule has 3 atom stereocenters. The van der Waals surface area contributed by atoms with Gasteiger partial charge >= 0.3 is 0 Å². The van der Waals surface area contributed by atoms with Crippen LogP contribution in [0.3, 0.4) is 0 Å². The third-order valence-electron chi connectivity index (χ3n) is 4.20. The summed E-state index contributed by atoms with van der Waals surface area (Å²) in [6.45, 7) is 7.86. The van der Waals surface area contributed by atoms with Crippen LogP contribution in [0.4, 0.5) is 0 Å². The fourth-order valence-corrected chi connectivity index (χ4v) is 4.48. The third-order valence-corrected chi connectivity index (χ3v) is 5.27. The lowest BCUT2D eigenvalue weighted by Crippen LogP contribution is -2.47. The predicted molar refractivity (Wildman–Crippen MR) is 84.7 cm³/mol. The van der Waals surface area contributed by atoms with Gasteiger partial charge in [0.2, 0.25) is 0 Å². The molecule has 0 spiro atoms. The second-order valence-electron chi connectivity index (χ2n) is 5.93. The maximum atomic E-state index is 6.33. The number of aryl methyl sites for hydroxylation is 1. The van der Waals surface area contributed by atoms with E-state index in [1.165, 1.54) is 48.4 Å². The number of piperidine rings is 1. The molecule has 1 saturated heterocycles. The van der Waals surface area contributed by atoms with Gasteiger partial charge in [-0.1, -0.05) is 19.8 Å². The molecule has 0 radical (unpaired) electrons. The molecule has 0 bridgehead atoms. The first-order valence-corrected chi connectivity index (χ1v) is 8.52. The summed E-state index contributed by atoms with van der Waals surface area (Å²) in [5.74, 6) is 0. The van der Waals surface area contributed by atoms with Crippen LogP contribution >= 0.6 is 11.3 Å². The Morgan fingerprint density at radius 1 is 1.42 bits per heavy atom. The van der Waals surface area contributed by atoms with Crippen LogP contribution in [0.25, 0.3) is 0 Å². The van der Waals surface area contributed by atoms with Crippen molar-refractivity contribution in [1.29, 1.82) is 0 Å². The van der Waals surface area contributed by atoms with E-state index < -0.39 is 0 Å². The van der Waals surface area contributed by atoms with Crippen molar-refractivity contribution in [3.63, 3.8) is 0 Å². The second kappa shape index (κ2) is 6.87. The van der Waals surface area contributed by atoms with E-state index in [9.17, 15) is 0 Å². The summed E-state index contributed by atoms with van der Waals surface area (Å²) < 4.78 is 0. The molecule has 108 valence electrons.